The first-order valence-corrected chi connectivity index (χ1v) is 5.85. The molecule has 0 aliphatic carbocycles. The largest absolute Gasteiger partial charge is 0.472 e. The summed E-state index contributed by atoms with van der Waals surface area (Å²) in [5.74, 6) is -0.254. The number of benzene rings is 1. The van der Waals surface area contributed by atoms with E-state index in [0.717, 1.165) is 11.1 Å². The monoisotopic (exact) mass is 248 g/mol. The second kappa shape index (κ2) is 5.23. The van der Waals surface area contributed by atoms with E-state index in [9.17, 15) is 4.39 Å². The van der Waals surface area contributed by atoms with Crippen molar-refractivity contribution in [1.82, 2.24) is 0 Å². The Hall–Kier alpha value is -1.81. The molecule has 18 heavy (non-hydrogen) atoms. The minimum atomic E-state index is -0.254. The fourth-order valence-corrected chi connectivity index (χ4v) is 1.86. The van der Waals surface area contributed by atoms with Gasteiger partial charge in [0.05, 0.1) is 18.2 Å². The lowest BCUT2D eigenvalue weighted by atomic mass is 10.1. The van der Waals surface area contributed by atoms with Gasteiger partial charge in [0.2, 0.25) is 0 Å². The molecule has 2 aromatic rings. The fourth-order valence-electron chi connectivity index (χ4n) is 1.86. The zero-order valence-electron chi connectivity index (χ0n) is 10.6. The summed E-state index contributed by atoms with van der Waals surface area (Å²) in [4.78, 5) is 1.84. The molecule has 0 spiro atoms. The topological polar surface area (TPSA) is 42.4 Å². The summed E-state index contributed by atoms with van der Waals surface area (Å²) in [6.45, 7) is 2.44. The molecule has 1 aromatic heterocycles. The molecule has 1 atom stereocenters. The molecule has 1 heterocycles. The molecule has 2 rings (SSSR count). The van der Waals surface area contributed by atoms with Gasteiger partial charge in [0.1, 0.15) is 5.82 Å². The molecule has 2 N–H and O–H groups in total. The predicted molar refractivity (Wildman–Crippen MR) is 69.8 cm³/mol. The van der Waals surface area contributed by atoms with E-state index in [1.807, 2.05) is 31.0 Å². The van der Waals surface area contributed by atoms with Crippen LogP contribution in [0, 0.1) is 5.82 Å². The van der Waals surface area contributed by atoms with E-state index >= 15 is 0 Å². The molecule has 0 saturated carbocycles. The average molecular weight is 248 g/mol. The molecule has 0 aliphatic rings. The molecule has 0 unspecified atom stereocenters. The van der Waals surface area contributed by atoms with Crippen molar-refractivity contribution >= 4 is 5.69 Å². The zero-order chi connectivity index (χ0) is 13.1. The van der Waals surface area contributed by atoms with Crippen molar-refractivity contribution in [3.8, 4) is 0 Å². The quantitative estimate of drug-likeness (QED) is 0.904. The minimum Gasteiger partial charge on any atom is -0.472 e. The van der Waals surface area contributed by atoms with Crippen LogP contribution in [0.1, 0.15) is 24.1 Å². The maximum atomic E-state index is 14.0. The number of hydrogen-bond donors (Lipinski definition) is 1. The number of anilines is 1. The highest BCUT2D eigenvalue weighted by Gasteiger charge is 2.10. The van der Waals surface area contributed by atoms with Crippen LogP contribution in [0.2, 0.25) is 0 Å². The van der Waals surface area contributed by atoms with Crippen molar-refractivity contribution in [3.05, 3.63) is 53.7 Å². The normalized spacial score (nSPS) is 12.4. The SMILES string of the molecule is C[C@H](N)c1ccc(N(C)Cc2ccoc2)c(F)c1. The Morgan fingerprint density at radius 3 is 2.72 bits per heavy atom. The summed E-state index contributed by atoms with van der Waals surface area (Å²) in [7, 11) is 1.84. The molecule has 0 saturated heterocycles. The van der Waals surface area contributed by atoms with Crippen LogP contribution in [-0.4, -0.2) is 7.05 Å². The van der Waals surface area contributed by atoms with E-state index in [2.05, 4.69) is 0 Å². The summed E-state index contributed by atoms with van der Waals surface area (Å²) < 4.78 is 19.0. The van der Waals surface area contributed by atoms with Gasteiger partial charge in [-0.25, -0.2) is 4.39 Å². The Balaban J connectivity index is 2.17. The summed E-state index contributed by atoms with van der Waals surface area (Å²) >= 11 is 0. The first kappa shape index (κ1) is 12.6. The number of nitrogens with two attached hydrogens (primary N) is 1. The molecule has 4 heteroatoms. The van der Waals surface area contributed by atoms with E-state index in [1.54, 1.807) is 18.6 Å². The Morgan fingerprint density at radius 2 is 2.17 bits per heavy atom. The maximum absolute atomic E-state index is 14.0. The van der Waals surface area contributed by atoms with Crippen LogP contribution in [0.25, 0.3) is 0 Å². The molecule has 0 amide bonds. The van der Waals surface area contributed by atoms with Crippen LogP contribution in [-0.2, 0) is 6.54 Å². The molecule has 1 aromatic carbocycles. The number of nitrogens with zero attached hydrogens (tertiary/aromatic N) is 1. The first-order valence-electron chi connectivity index (χ1n) is 5.85. The Morgan fingerprint density at radius 1 is 1.39 bits per heavy atom. The number of rotatable bonds is 4. The van der Waals surface area contributed by atoms with Crippen molar-refractivity contribution in [1.29, 1.82) is 0 Å². The third-order valence-corrected chi connectivity index (χ3v) is 2.91. The second-order valence-electron chi connectivity index (χ2n) is 4.49. The number of furan rings is 1. The molecule has 0 fully saturated rings. The van der Waals surface area contributed by atoms with E-state index in [4.69, 9.17) is 10.2 Å². The van der Waals surface area contributed by atoms with Crippen molar-refractivity contribution in [2.24, 2.45) is 5.73 Å². The third kappa shape index (κ3) is 2.71. The summed E-state index contributed by atoms with van der Waals surface area (Å²) in [6.07, 6.45) is 3.27. The highest BCUT2D eigenvalue weighted by molar-refractivity contribution is 5.49. The van der Waals surface area contributed by atoms with Gasteiger partial charge in [0.15, 0.2) is 0 Å². The zero-order valence-corrected chi connectivity index (χ0v) is 10.6. The van der Waals surface area contributed by atoms with Crippen molar-refractivity contribution < 1.29 is 8.81 Å². The van der Waals surface area contributed by atoms with Crippen LogP contribution in [0.4, 0.5) is 10.1 Å². The van der Waals surface area contributed by atoms with Gasteiger partial charge in [-0.2, -0.15) is 0 Å². The summed E-state index contributed by atoms with van der Waals surface area (Å²) in [5.41, 5.74) is 8.09. The molecular formula is C14H17FN2O. The van der Waals surface area contributed by atoms with E-state index in [-0.39, 0.29) is 11.9 Å². The van der Waals surface area contributed by atoms with Crippen LogP contribution in [0.5, 0.6) is 0 Å². The molecule has 3 nitrogen and oxygen atoms in total. The highest BCUT2D eigenvalue weighted by atomic mass is 19.1. The molecule has 96 valence electrons. The Labute approximate surface area is 106 Å². The van der Waals surface area contributed by atoms with Crippen LogP contribution in [0.3, 0.4) is 0 Å². The summed E-state index contributed by atoms with van der Waals surface area (Å²) in [5, 5.41) is 0. The first-order chi connectivity index (χ1) is 8.58. The van der Waals surface area contributed by atoms with Gasteiger partial charge in [-0.1, -0.05) is 6.07 Å². The lowest BCUT2D eigenvalue weighted by Crippen LogP contribution is -2.17. The second-order valence-corrected chi connectivity index (χ2v) is 4.49. The standard InChI is InChI=1S/C14H17FN2O/c1-10(16)12-3-4-14(13(15)7-12)17(2)8-11-5-6-18-9-11/h3-7,9-10H,8,16H2,1-2H3/t10-/m0/s1. The van der Waals surface area contributed by atoms with Gasteiger partial charge < -0.3 is 15.1 Å². The summed E-state index contributed by atoms with van der Waals surface area (Å²) in [6, 6.07) is 6.81. The lowest BCUT2D eigenvalue weighted by molar-refractivity contribution is 0.563. The lowest BCUT2D eigenvalue weighted by Gasteiger charge is -2.20. The third-order valence-electron chi connectivity index (χ3n) is 2.91. The average Bonchev–Trinajstić information content (AvgIpc) is 2.81. The van der Waals surface area contributed by atoms with Crippen molar-refractivity contribution in [3.63, 3.8) is 0 Å². The van der Waals surface area contributed by atoms with Crippen molar-refractivity contribution in [2.45, 2.75) is 19.5 Å². The minimum absolute atomic E-state index is 0.160. The van der Waals surface area contributed by atoms with Crippen molar-refractivity contribution in [2.75, 3.05) is 11.9 Å². The molecular weight excluding hydrogens is 231 g/mol. The van der Waals surface area contributed by atoms with E-state index < -0.39 is 0 Å². The van der Waals surface area contributed by atoms with Gasteiger partial charge in [-0.3, -0.25) is 0 Å². The Bertz CT molecular complexity index is 509. The predicted octanol–water partition coefficient (Wildman–Crippen LogP) is 3.07. The fraction of sp³-hybridized carbons (Fsp3) is 0.286. The van der Waals surface area contributed by atoms with Crippen LogP contribution >= 0.6 is 0 Å². The van der Waals surface area contributed by atoms with Crippen LogP contribution < -0.4 is 10.6 Å². The smallest absolute Gasteiger partial charge is 0.146 e. The molecule has 0 radical (unpaired) electrons. The van der Waals surface area contributed by atoms with Gasteiger partial charge in [0.25, 0.3) is 0 Å². The highest BCUT2D eigenvalue weighted by Crippen LogP contribution is 2.23. The van der Waals surface area contributed by atoms with E-state index in [1.165, 1.54) is 6.07 Å². The number of halogens is 1. The molecule has 0 bridgehead atoms. The maximum Gasteiger partial charge on any atom is 0.146 e. The van der Waals surface area contributed by atoms with Gasteiger partial charge in [-0.05, 0) is 30.7 Å². The number of hydrogen-bond acceptors (Lipinski definition) is 3. The van der Waals surface area contributed by atoms with E-state index in [0.29, 0.717) is 12.2 Å². The molecule has 0 aliphatic heterocycles. The van der Waals surface area contributed by atoms with Gasteiger partial charge in [0, 0.05) is 25.2 Å². The van der Waals surface area contributed by atoms with Crippen LogP contribution in [0.15, 0.2) is 41.2 Å². The van der Waals surface area contributed by atoms with Gasteiger partial charge >= 0.3 is 0 Å². The van der Waals surface area contributed by atoms with Gasteiger partial charge in [-0.15, -0.1) is 0 Å². The Kier molecular flexibility index (Phi) is 3.67.